The number of hydrogen-bond donors (Lipinski definition) is 3. The molecule has 0 aliphatic carbocycles. The molecule has 0 saturated carbocycles. The van der Waals surface area contributed by atoms with Gasteiger partial charge in [0.25, 0.3) is 11.8 Å². The molecule has 7 nitrogen and oxygen atoms in total. The van der Waals surface area contributed by atoms with Gasteiger partial charge in [-0.15, -0.1) is 0 Å². The maximum atomic E-state index is 12.3. The zero-order valence-electron chi connectivity index (χ0n) is 17.5. The first-order chi connectivity index (χ1) is 14.5. The van der Waals surface area contributed by atoms with Crippen LogP contribution in [0, 0.1) is 0 Å². The molecule has 0 bridgehead atoms. The Kier molecular flexibility index (Phi) is 8.84. The molecule has 0 fully saturated rings. The van der Waals surface area contributed by atoms with Crippen molar-refractivity contribution in [3.63, 3.8) is 0 Å². The summed E-state index contributed by atoms with van der Waals surface area (Å²) < 4.78 is 12.1. The Morgan fingerprint density at radius 3 is 2.23 bits per heavy atom. The van der Waals surface area contributed by atoms with Crippen molar-refractivity contribution >= 4 is 61.0 Å². The van der Waals surface area contributed by atoms with Crippen LogP contribution >= 0.6 is 44.1 Å². The quantitative estimate of drug-likeness (QED) is 0.367. The highest BCUT2D eigenvalue weighted by Gasteiger charge is 2.16. The van der Waals surface area contributed by atoms with E-state index in [2.05, 4.69) is 68.8 Å². The monoisotopic (exact) mass is 571 g/mol. The van der Waals surface area contributed by atoms with Gasteiger partial charge in [0.1, 0.15) is 11.5 Å². The number of methoxy groups -OCH3 is 1. The number of halogens is 2. The molecule has 0 unspecified atom stereocenters. The third-order valence-corrected chi connectivity index (χ3v) is 5.56. The molecular weight excluding hydrogens is 550 g/mol. The molecule has 0 atom stereocenters. The molecule has 0 heterocycles. The number of thiocarbonyl (C=S) groups is 1. The molecule has 0 aliphatic heterocycles. The second-order valence-corrected chi connectivity index (χ2v) is 9.61. The van der Waals surface area contributed by atoms with Gasteiger partial charge in [-0.2, -0.15) is 0 Å². The van der Waals surface area contributed by atoms with E-state index in [9.17, 15) is 9.59 Å². The molecule has 166 valence electrons. The van der Waals surface area contributed by atoms with Crippen molar-refractivity contribution in [1.29, 1.82) is 0 Å². The van der Waals surface area contributed by atoms with Crippen LogP contribution in [-0.4, -0.2) is 30.6 Å². The Bertz CT molecular complexity index is 993. The molecule has 0 saturated heterocycles. The first-order valence-electron chi connectivity index (χ1n) is 9.18. The lowest BCUT2D eigenvalue weighted by molar-refractivity contribution is -0.123. The van der Waals surface area contributed by atoms with Gasteiger partial charge >= 0.3 is 0 Å². The van der Waals surface area contributed by atoms with E-state index in [1.54, 1.807) is 18.2 Å². The number of carbonyl (C=O) groups is 2. The van der Waals surface area contributed by atoms with E-state index in [4.69, 9.17) is 21.7 Å². The summed E-state index contributed by atoms with van der Waals surface area (Å²) in [6.45, 7) is 6.11. The van der Waals surface area contributed by atoms with Gasteiger partial charge in [0.05, 0.1) is 16.1 Å². The highest BCUT2D eigenvalue weighted by atomic mass is 79.9. The number of amides is 2. The van der Waals surface area contributed by atoms with Gasteiger partial charge in [0.15, 0.2) is 11.7 Å². The number of nitrogens with one attached hydrogen (secondary N) is 3. The molecule has 2 aromatic rings. The first-order valence-corrected chi connectivity index (χ1v) is 11.2. The number of hydrogen-bond acceptors (Lipinski definition) is 5. The minimum Gasteiger partial charge on any atom is -0.496 e. The van der Waals surface area contributed by atoms with E-state index in [0.717, 1.165) is 10.0 Å². The molecule has 10 heteroatoms. The minimum absolute atomic E-state index is 0.00434. The molecule has 2 amide bonds. The number of carbonyl (C=O) groups excluding carboxylic acids is 2. The molecule has 0 spiro atoms. The predicted molar refractivity (Wildman–Crippen MR) is 130 cm³/mol. The van der Waals surface area contributed by atoms with E-state index >= 15 is 0 Å². The summed E-state index contributed by atoms with van der Waals surface area (Å²) in [4.78, 5) is 24.3. The highest BCUT2D eigenvalue weighted by molar-refractivity contribution is 9.10. The van der Waals surface area contributed by atoms with Gasteiger partial charge in [-0.25, -0.2) is 0 Å². The average Bonchev–Trinajstić information content (AvgIpc) is 2.70. The highest BCUT2D eigenvalue weighted by Crippen LogP contribution is 2.31. The van der Waals surface area contributed by atoms with Crippen molar-refractivity contribution in [3.8, 4) is 11.5 Å². The topological polar surface area (TPSA) is 88.7 Å². The standard InChI is InChI=1S/C21H23Br2N3O4S/c1-21(2,3)13-6-8-17(15(23)10-13)30-11-18(27)25-26-20(31)24-19(28)12-5-7-16(29-4)14(22)9-12/h5-10H,11H2,1-4H3,(H,25,27)(H2,24,26,28,31). The number of benzene rings is 2. The summed E-state index contributed by atoms with van der Waals surface area (Å²) in [7, 11) is 1.53. The second-order valence-electron chi connectivity index (χ2n) is 7.49. The van der Waals surface area contributed by atoms with Crippen LogP contribution in [0.4, 0.5) is 0 Å². The maximum absolute atomic E-state index is 12.3. The third kappa shape index (κ3) is 7.48. The van der Waals surface area contributed by atoms with Gasteiger partial charge in [-0.05, 0) is 85.4 Å². The smallest absolute Gasteiger partial charge is 0.276 e. The molecule has 0 radical (unpaired) electrons. The van der Waals surface area contributed by atoms with E-state index in [1.165, 1.54) is 7.11 Å². The molecule has 31 heavy (non-hydrogen) atoms. The lowest BCUT2D eigenvalue weighted by Crippen LogP contribution is -2.49. The Morgan fingerprint density at radius 1 is 1.00 bits per heavy atom. The normalized spacial score (nSPS) is 10.8. The lowest BCUT2D eigenvalue weighted by atomic mass is 9.87. The Labute approximate surface area is 203 Å². The summed E-state index contributed by atoms with van der Waals surface area (Å²) in [6.07, 6.45) is 0. The Morgan fingerprint density at radius 2 is 1.65 bits per heavy atom. The minimum atomic E-state index is -0.462. The van der Waals surface area contributed by atoms with Gasteiger partial charge in [0, 0.05) is 5.56 Å². The summed E-state index contributed by atoms with van der Waals surface area (Å²) in [5.74, 6) is 0.248. The van der Waals surface area contributed by atoms with Crippen molar-refractivity contribution in [2.75, 3.05) is 13.7 Å². The first kappa shape index (κ1) is 25.1. The Balaban J connectivity index is 1.81. The van der Waals surface area contributed by atoms with Gasteiger partial charge < -0.3 is 9.47 Å². The molecule has 2 rings (SSSR count). The van der Waals surface area contributed by atoms with Crippen LogP contribution in [0.2, 0.25) is 0 Å². The summed E-state index contributed by atoms with van der Waals surface area (Å²) >= 11 is 11.8. The van der Waals surface area contributed by atoms with Gasteiger partial charge in [-0.3, -0.25) is 25.8 Å². The van der Waals surface area contributed by atoms with E-state index in [-0.39, 0.29) is 17.1 Å². The largest absolute Gasteiger partial charge is 0.496 e. The zero-order valence-corrected chi connectivity index (χ0v) is 21.5. The fourth-order valence-electron chi connectivity index (χ4n) is 2.40. The van der Waals surface area contributed by atoms with Crippen molar-refractivity contribution in [2.24, 2.45) is 0 Å². The van der Waals surface area contributed by atoms with Crippen molar-refractivity contribution in [1.82, 2.24) is 16.2 Å². The third-order valence-electron chi connectivity index (χ3n) is 4.11. The molecule has 2 aromatic carbocycles. The van der Waals surface area contributed by atoms with Crippen LogP contribution in [0.25, 0.3) is 0 Å². The fraction of sp³-hybridized carbons (Fsp3) is 0.286. The van der Waals surface area contributed by atoms with Crippen LogP contribution in [0.3, 0.4) is 0 Å². The van der Waals surface area contributed by atoms with E-state index < -0.39 is 11.8 Å². The molecular formula is C21H23Br2N3O4S. The van der Waals surface area contributed by atoms with Gasteiger partial charge in [-0.1, -0.05) is 26.8 Å². The SMILES string of the molecule is COc1ccc(C(=O)NC(=S)NNC(=O)COc2ccc(C(C)(C)C)cc2Br)cc1Br. The summed E-state index contributed by atoms with van der Waals surface area (Å²) in [5.41, 5.74) is 6.37. The van der Waals surface area contributed by atoms with E-state index in [0.29, 0.717) is 21.5 Å². The van der Waals surface area contributed by atoms with Crippen LogP contribution in [0.5, 0.6) is 11.5 Å². The summed E-state index contributed by atoms with van der Waals surface area (Å²) in [5, 5.41) is 2.42. The number of rotatable bonds is 5. The van der Waals surface area contributed by atoms with Crippen molar-refractivity contribution in [2.45, 2.75) is 26.2 Å². The van der Waals surface area contributed by atoms with Crippen molar-refractivity contribution in [3.05, 3.63) is 56.5 Å². The maximum Gasteiger partial charge on any atom is 0.276 e. The van der Waals surface area contributed by atoms with Crippen molar-refractivity contribution < 1.29 is 19.1 Å². The lowest BCUT2D eigenvalue weighted by Gasteiger charge is -2.20. The molecule has 0 aliphatic rings. The predicted octanol–water partition coefficient (Wildman–Crippen LogP) is 4.23. The second kappa shape index (κ2) is 10.9. The van der Waals surface area contributed by atoms with Crippen LogP contribution in [-0.2, 0) is 10.2 Å². The Hall–Kier alpha value is -2.17. The van der Waals surface area contributed by atoms with Crippen LogP contribution in [0.15, 0.2) is 45.3 Å². The molecule has 3 N–H and O–H groups in total. The van der Waals surface area contributed by atoms with Crippen LogP contribution in [0.1, 0.15) is 36.7 Å². The summed E-state index contributed by atoms with van der Waals surface area (Å²) in [6, 6.07) is 10.6. The number of hydrazine groups is 1. The molecule has 0 aromatic heterocycles. The van der Waals surface area contributed by atoms with Gasteiger partial charge in [0.2, 0.25) is 0 Å². The zero-order chi connectivity index (χ0) is 23.2. The number of ether oxygens (including phenoxy) is 2. The average molecular weight is 573 g/mol. The fourth-order valence-corrected chi connectivity index (χ4v) is 3.58. The van der Waals surface area contributed by atoms with E-state index in [1.807, 2.05) is 18.2 Å². The van der Waals surface area contributed by atoms with Crippen LogP contribution < -0.4 is 25.6 Å².